The molecule has 158 valence electrons. The molecule has 13 heteroatoms. The van der Waals surface area contributed by atoms with E-state index in [1.54, 1.807) is 5.77 Å². The van der Waals surface area contributed by atoms with Gasteiger partial charge in [0.05, 0.1) is 11.1 Å². The Hall–Kier alpha value is -1.22. The van der Waals surface area contributed by atoms with Gasteiger partial charge in [-0.3, -0.25) is 0 Å². The highest BCUT2D eigenvalue weighted by Crippen LogP contribution is 2.35. The third-order valence-corrected chi connectivity index (χ3v) is 8.80. The van der Waals surface area contributed by atoms with E-state index in [0.717, 1.165) is 0 Å². The molecule has 0 bridgehead atoms. The first-order valence-corrected chi connectivity index (χ1v) is 11.4. The molecule has 0 fully saturated rings. The van der Waals surface area contributed by atoms with E-state index in [2.05, 4.69) is 35.0 Å². The third kappa shape index (κ3) is 7.52. The van der Waals surface area contributed by atoms with Gasteiger partial charge in [-0.1, -0.05) is 34.8 Å². The predicted molar refractivity (Wildman–Crippen MR) is 91.2 cm³/mol. The van der Waals surface area contributed by atoms with Gasteiger partial charge in [-0.05, 0) is 29.0 Å². The number of hydrogen-bond donors (Lipinski definition) is 0. The minimum absolute atomic E-state index is 0.141. The van der Waals surface area contributed by atoms with Gasteiger partial charge in [0.2, 0.25) is 5.77 Å². The van der Waals surface area contributed by atoms with E-state index in [9.17, 15) is 39.3 Å². The summed E-state index contributed by atoms with van der Waals surface area (Å²) in [6.07, 6.45) is -10.6. The van der Waals surface area contributed by atoms with E-state index in [1.807, 2.05) is 22.7 Å². The zero-order chi connectivity index (χ0) is 21.9. The van der Waals surface area contributed by atoms with Crippen molar-refractivity contribution in [3.8, 4) is 0 Å². The Morgan fingerprint density at radius 2 is 1.10 bits per heavy atom. The number of benzene rings is 1. The lowest BCUT2D eigenvalue weighted by Crippen LogP contribution is -3.61. The number of rotatable bonds is 3. The molecule has 0 aliphatic carbocycles. The summed E-state index contributed by atoms with van der Waals surface area (Å²) in [5.41, 5.74) is -5.89. The van der Waals surface area contributed by atoms with Crippen LogP contribution in [-0.4, -0.2) is 6.98 Å². The molecule has 3 rings (SSSR count). The van der Waals surface area contributed by atoms with Crippen LogP contribution in [0.3, 0.4) is 0 Å². The van der Waals surface area contributed by atoms with E-state index in [-0.39, 0.29) is 39.4 Å². The van der Waals surface area contributed by atoms with Gasteiger partial charge in [0.1, 0.15) is 0 Å². The summed E-state index contributed by atoms with van der Waals surface area (Å²) < 4.78 is 113. The first kappa shape index (κ1) is 24.1. The fourth-order valence-electron chi connectivity index (χ4n) is 1.88. The molecule has 0 saturated carbocycles. The molecule has 0 radical (unpaired) electrons. The van der Waals surface area contributed by atoms with Crippen LogP contribution in [0, 0.1) is 5.77 Å². The van der Waals surface area contributed by atoms with Crippen LogP contribution in [0.15, 0.2) is 53.2 Å². The van der Waals surface area contributed by atoms with E-state index in [1.165, 1.54) is 0 Å². The Balaban J connectivity index is 0.000000230. The molecule has 29 heavy (non-hydrogen) atoms. The highest BCUT2D eigenvalue weighted by atomic mass is 127. The minimum Gasteiger partial charge on any atom is -0.445 e. The molecule has 2 aromatic heterocycles. The predicted octanol–water partition coefficient (Wildman–Crippen LogP) is 3.72. The first-order chi connectivity index (χ1) is 13.3. The van der Waals surface area contributed by atoms with Gasteiger partial charge in [-0.15, -0.1) is 5.46 Å². The maximum Gasteiger partial charge on any atom is 0.509 e. The molecule has 0 unspecified atom stereocenters. The van der Waals surface area contributed by atoms with E-state index in [0.29, 0.717) is 0 Å². The molecule has 0 spiro atoms. The second kappa shape index (κ2) is 9.29. The van der Waals surface area contributed by atoms with Gasteiger partial charge in [0, 0.05) is 12.1 Å². The quantitative estimate of drug-likeness (QED) is 0.255. The molecular weight excluding hydrogens is 565 g/mol. The smallest absolute Gasteiger partial charge is 0.445 e. The van der Waals surface area contributed by atoms with Crippen LogP contribution in [0.1, 0.15) is 11.1 Å². The van der Waals surface area contributed by atoms with Crippen LogP contribution >= 0.6 is 22.7 Å². The van der Waals surface area contributed by atoms with Crippen molar-refractivity contribution in [2.45, 2.75) is 12.4 Å². The molecular formula is C16H9BF9IS2. The topological polar surface area (TPSA) is 0 Å². The molecule has 0 atom stereocenters. The van der Waals surface area contributed by atoms with Gasteiger partial charge < -0.3 is 12.9 Å². The Bertz CT molecular complexity index is 787. The van der Waals surface area contributed by atoms with Crippen molar-refractivity contribution < 1.29 is 60.5 Å². The van der Waals surface area contributed by atoms with E-state index < -0.39 is 35.9 Å². The van der Waals surface area contributed by atoms with E-state index >= 15 is 0 Å². The van der Waals surface area contributed by atoms with E-state index in [4.69, 9.17) is 0 Å². The molecule has 0 aliphatic rings. The molecule has 3 aromatic rings. The standard InChI is InChI=1S/C8H3BF9.C8H6IS2/c10-7(11,12)4-1-5(8(13,14)15)3-6(2-4)9(16,17)18;1-3-7(10-5-1)9-8-4-2-6-11-8/h1-3H;1-6H/q-1;+1. The molecule has 2 heterocycles. The zero-order valence-corrected chi connectivity index (χ0v) is 17.7. The molecule has 1 aromatic carbocycles. The van der Waals surface area contributed by atoms with Gasteiger partial charge in [0.25, 0.3) is 0 Å². The summed E-state index contributed by atoms with van der Waals surface area (Å²) in [6.45, 7) is -5.95. The first-order valence-electron chi connectivity index (χ1n) is 7.48. The van der Waals surface area contributed by atoms with Crippen molar-refractivity contribution in [1.82, 2.24) is 0 Å². The van der Waals surface area contributed by atoms with Gasteiger partial charge >= 0.3 is 40.5 Å². The van der Waals surface area contributed by atoms with Crippen molar-refractivity contribution in [2.75, 3.05) is 0 Å². The molecule has 0 amide bonds. The molecule has 0 N–H and O–H groups in total. The van der Waals surface area contributed by atoms with Crippen LogP contribution in [0.2, 0.25) is 0 Å². The Labute approximate surface area is 177 Å². The average Bonchev–Trinajstić information content (AvgIpc) is 3.27. The second-order valence-electron chi connectivity index (χ2n) is 5.34. The summed E-state index contributed by atoms with van der Waals surface area (Å²) in [5, 5.41) is 4.31. The fourth-order valence-corrected chi connectivity index (χ4v) is 7.25. The van der Waals surface area contributed by atoms with Crippen LogP contribution in [0.5, 0.6) is 0 Å². The van der Waals surface area contributed by atoms with Crippen LogP contribution in [-0.2, 0) is 12.4 Å². The van der Waals surface area contributed by atoms with Crippen molar-refractivity contribution >= 4 is 35.1 Å². The Kier molecular flexibility index (Phi) is 7.71. The lowest BCUT2D eigenvalue weighted by molar-refractivity contribution is -0.585. The second-order valence-corrected chi connectivity index (χ2v) is 11.6. The summed E-state index contributed by atoms with van der Waals surface area (Å²) >= 11 is 3.89. The largest absolute Gasteiger partial charge is 0.509 e. The zero-order valence-electron chi connectivity index (χ0n) is 13.9. The van der Waals surface area contributed by atoms with Crippen LogP contribution in [0.25, 0.3) is 0 Å². The number of halogens is 10. The average molecular weight is 574 g/mol. The lowest BCUT2D eigenvalue weighted by Gasteiger charge is -2.19. The lowest BCUT2D eigenvalue weighted by atomic mass is 9.78. The third-order valence-electron chi connectivity index (χ3n) is 3.15. The van der Waals surface area contributed by atoms with Crippen LogP contribution in [0.4, 0.5) is 39.3 Å². The van der Waals surface area contributed by atoms with Crippen LogP contribution < -0.4 is 26.7 Å². The summed E-state index contributed by atoms with van der Waals surface area (Å²) in [7, 11) is 0. The summed E-state index contributed by atoms with van der Waals surface area (Å²) in [6, 6.07) is 7.70. The number of alkyl halides is 6. The van der Waals surface area contributed by atoms with Crippen molar-refractivity contribution in [3.63, 3.8) is 0 Å². The van der Waals surface area contributed by atoms with Gasteiger partial charge in [-0.25, -0.2) is 0 Å². The number of thiophene rings is 2. The Morgan fingerprint density at radius 3 is 1.38 bits per heavy atom. The Morgan fingerprint density at radius 1 is 0.690 bits per heavy atom. The molecule has 0 saturated heterocycles. The molecule has 0 nitrogen and oxygen atoms in total. The fraction of sp³-hybridized carbons (Fsp3) is 0.125. The minimum atomic E-state index is -5.95. The monoisotopic (exact) mass is 574 g/mol. The van der Waals surface area contributed by atoms with Crippen molar-refractivity contribution in [2.24, 2.45) is 0 Å². The normalized spacial score (nSPS) is 12.4. The summed E-state index contributed by atoms with van der Waals surface area (Å²) in [4.78, 5) is 0. The maximum atomic E-state index is 12.3. The maximum absolute atomic E-state index is 12.3. The van der Waals surface area contributed by atoms with Gasteiger partial charge in [-0.2, -0.15) is 26.3 Å². The van der Waals surface area contributed by atoms with Crippen molar-refractivity contribution in [3.05, 3.63) is 70.1 Å². The number of hydrogen-bond acceptors (Lipinski definition) is 2. The van der Waals surface area contributed by atoms with Crippen molar-refractivity contribution in [1.29, 1.82) is 0 Å². The molecule has 0 aliphatic heterocycles. The highest BCUT2D eigenvalue weighted by molar-refractivity contribution is 7.08. The van der Waals surface area contributed by atoms with Gasteiger partial charge in [0.15, 0.2) is 0 Å². The SMILES string of the molecule is F[B-](F)(F)c1cc(C(F)(F)F)cc(C(F)(F)F)c1.c1csc([I+]c2cccs2)c1. The highest BCUT2D eigenvalue weighted by Gasteiger charge is 2.39. The summed E-state index contributed by atoms with van der Waals surface area (Å²) in [5.74, 6) is 0.